The van der Waals surface area contributed by atoms with Gasteiger partial charge in [-0.05, 0) is 40.9 Å². The Morgan fingerprint density at radius 3 is 2.11 bits per heavy atom. The predicted molar refractivity (Wildman–Crippen MR) is 67.1 cm³/mol. The summed E-state index contributed by atoms with van der Waals surface area (Å²) in [5, 5.41) is 10.3. The fraction of sp³-hybridized carbons (Fsp3) is 0.600. The lowest BCUT2D eigenvalue weighted by Gasteiger charge is -2.13. The average Bonchev–Trinajstić information content (AvgIpc) is 2.63. The third-order valence-electron chi connectivity index (χ3n) is 4.95. The number of hydrogen-bond donors (Lipinski definition) is 1. The van der Waals surface area contributed by atoms with Crippen LogP contribution in [0.4, 0.5) is 8.78 Å². The molecule has 100 valence electrons. The van der Waals surface area contributed by atoms with Gasteiger partial charge in [0, 0.05) is 0 Å². The molecule has 1 atom stereocenters. The lowest BCUT2D eigenvalue weighted by Crippen LogP contribution is -2.17. The molecule has 18 heavy (non-hydrogen) atoms. The Kier molecular flexibility index (Phi) is 3.01. The van der Waals surface area contributed by atoms with Crippen molar-refractivity contribution < 1.29 is 13.9 Å². The monoisotopic (exact) mass is 254 g/mol. The van der Waals surface area contributed by atoms with Crippen LogP contribution in [-0.2, 0) is 6.42 Å². The van der Waals surface area contributed by atoms with E-state index >= 15 is 0 Å². The van der Waals surface area contributed by atoms with E-state index in [1.54, 1.807) is 0 Å². The molecule has 1 saturated carbocycles. The quantitative estimate of drug-likeness (QED) is 0.874. The second-order valence-electron chi connectivity index (χ2n) is 6.44. The van der Waals surface area contributed by atoms with E-state index in [1.165, 1.54) is 12.1 Å². The van der Waals surface area contributed by atoms with E-state index in [0.717, 1.165) is 6.07 Å². The Balaban J connectivity index is 2.09. The van der Waals surface area contributed by atoms with Crippen LogP contribution in [0.5, 0.6) is 0 Å². The molecule has 1 nitrogen and oxygen atoms in total. The van der Waals surface area contributed by atoms with Crippen molar-refractivity contribution in [1.82, 2.24) is 0 Å². The van der Waals surface area contributed by atoms with E-state index < -0.39 is 17.7 Å². The summed E-state index contributed by atoms with van der Waals surface area (Å²) < 4.78 is 25.9. The normalized spacial score (nSPS) is 22.8. The fourth-order valence-electron chi connectivity index (χ4n) is 3.24. The van der Waals surface area contributed by atoms with Crippen LogP contribution in [0.25, 0.3) is 0 Å². The largest absolute Gasteiger partial charge is 0.392 e. The van der Waals surface area contributed by atoms with E-state index in [4.69, 9.17) is 0 Å². The molecule has 2 rings (SSSR count). The molecule has 0 bridgehead atoms. The Labute approximate surface area is 107 Å². The Bertz CT molecular complexity index is 452. The van der Waals surface area contributed by atoms with Gasteiger partial charge in [-0.1, -0.05) is 33.8 Å². The summed E-state index contributed by atoms with van der Waals surface area (Å²) in [6, 6.07) is 3.81. The van der Waals surface area contributed by atoms with Crippen molar-refractivity contribution in [1.29, 1.82) is 0 Å². The maximum atomic E-state index is 13.1. The van der Waals surface area contributed by atoms with Crippen molar-refractivity contribution in [3.63, 3.8) is 0 Å². The second kappa shape index (κ2) is 4.02. The van der Waals surface area contributed by atoms with E-state index in [9.17, 15) is 13.9 Å². The van der Waals surface area contributed by atoms with Crippen molar-refractivity contribution in [2.75, 3.05) is 0 Å². The molecule has 1 aliphatic rings. The van der Waals surface area contributed by atoms with Gasteiger partial charge in [0.25, 0.3) is 0 Å². The topological polar surface area (TPSA) is 20.2 Å². The van der Waals surface area contributed by atoms with Gasteiger partial charge in [0.05, 0.1) is 6.10 Å². The molecule has 1 N–H and O–H groups in total. The van der Waals surface area contributed by atoms with Gasteiger partial charge >= 0.3 is 0 Å². The third-order valence-corrected chi connectivity index (χ3v) is 4.95. The molecule has 0 aromatic heterocycles. The lowest BCUT2D eigenvalue weighted by atomic mass is 9.99. The van der Waals surface area contributed by atoms with Gasteiger partial charge in [0.2, 0.25) is 0 Å². The molecule has 1 aliphatic carbocycles. The zero-order chi connectivity index (χ0) is 13.7. The molecular weight excluding hydrogens is 234 g/mol. The van der Waals surface area contributed by atoms with Crippen molar-refractivity contribution in [2.24, 2.45) is 16.7 Å². The highest BCUT2D eigenvalue weighted by Crippen LogP contribution is 2.69. The maximum Gasteiger partial charge on any atom is 0.159 e. The molecule has 0 aliphatic heterocycles. The van der Waals surface area contributed by atoms with Crippen LogP contribution in [0.1, 0.15) is 33.3 Å². The van der Waals surface area contributed by atoms with Gasteiger partial charge in [-0.2, -0.15) is 0 Å². The summed E-state index contributed by atoms with van der Waals surface area (Å²) in [5.41, 5.74) is 0.815. The average molecular weight is 254 g/mol. The number of benzene rings is 1. The van der Waals surface area contributed by atoms with Crippen LogP contribution < -0.4 is 0 Å². The summed E-state index contributed by atoms with van der Waals surface area (Å²) in [6.45, 7) is 8.52. The molecule has 0 heterocycles. The molecular formula is C15H20F2O. The van der Waals surface area contributed by atoms with Crippen LogP contribution >= 0.6 is 0 Å². The molecule has 0 spiro atoms. The minimum atomic E-state index is -0.853. The summed E-state index contributed by atoms with van der Waals surface area (Å²) in [7, 11) is 0. The first-order chi connectivity index (χ1) is 8.18. The van der Waals surface area contributed by atoms with Crippen LogP contribution in [0, 0.1) is 28.4 Å². The molecule has 1 aromatic rings. The van der Waals surface area contributed by atoms with Crippen molar-refractivity contribution in [3.05, 3.63) is 35.4 Å². The number of aliphatic hydroxyl groups excluding tert-OH is 1. The predicted octanol–water partition coefficient (Wildman–Crippen LogP) is 3.55. The van der Waals surface area contributed by atoms with E-state index in [0.29, 0.717) is 12.0 Å². The van der Waals surface area contributed by atoms with Crippen LogP contribution in [0.3, 0.4) is 0 Å². The highest BCUT2D eigenvalue weighted by Gasteiger charge is 2.66. The SMILES string of the molecule is CC1(C)C(C(O)Cc2ccc(F)c(F)c2)C1(C)C. The van der Waals surface area contributed by atoms with Crippen molar-refractivity contribution >= 4 is 0 Å². The molecule has 1 unspecified atom stereocenters. The first-order valence-electron chi connectivity index (χ1n) is 6.30. The van der Waals surface area contributed by atoms with E-state index in [-0.39, 0.29) is 16.7 Å². The minimum absolute atomic E-state index is 0.0883. The molecule has 1 aromatic carbocycles. The molecule has 1 fully saturated rings. The smallest absolute Gasteiger partial charge is 0.159 e. The van der Waals surface area contributed by atoms with Crippen LogP contribution in [0.2, 0.25) is 0 Å². The summed E-state index contributed by atoms with van der Waals surface area (Å²) in [4.78, 5) is 0. The Morgan fingerprint density at radius 2 is 1.67 bits per heavy atom. The van der Waals surface area contributed by atoms with Gasteiger partial charge in [0.15, 0.2) is 11.6 Å². The van der Waals surface area contributed by atoms with Crippen molar-refractivity contribution in [2.45, 2.75) is 40.2 Å². The number of halogens is 2. The van der Waals surface area contributed by atoms with Crippen LogP contribution in [-0.4, -0.2) is 11.2 Å². The van der Waals surface area contributed by atoms with Crippen LogP contribution in [0.15, 0.2) is 18.2 Å². The van der Waals surface area contributed by atoms with Gasteiger partial charge in [0.1, 0.15) is 0 Å². The first kappa shape index (κ1) is 13.5. The minimum Gasteiger partial charge on any atom is -0.392 e. The first-order valence-corrected chi connectivity index (χ1v) is 6.30. The fourth-order valence-corrected chi connectivity index (χ4v) is 3.24. The maximum absolute atomic E-state index is 13.1. The molecule has 0 amide bonds. The van der Waals surface area contributed by atoms with E-state index in [1.807, 2.05) is 0 Å². The number of rotatable bonds is 3. The van der Waals surface area contributed by atoms with Gasteiger partial charge in [-0.15, -0.1) is 0 Å². The third kappa shape index (κ3) is 1.95. The van der Waals surface area contributed by atoms with Gasteiger partial charge in [-0.25, -0.2) is 8.78 Å². The summed E-state index contributed by atoms with van der Waals surface area (Å²) in [5.74, 6) is -1.51. The molecule has 0 saturated heterocycles. The Morgan fingerprint density at radius 1 is 1.11 bits per heavy atom. The summed E-state index contributed by atoms with van der Waals surface area (Å²) >= 11 is 0. The van der Waals surface area contributed by atoms with Crippen molar-refractivity contribution in [3.8, 4) is 0 Å². The Hall–Kier alpha value is -0.960. The zero-order valence-electron chi connectivity index (χ0n) is 11.3. The molecule has 3 heteroatoms. The lowest BCUT2D eigenvalue weighted by molar-refractivity contribution is 0.129. The standard InChI is InChI=1S/C15H20F2O/c1-14(2)13(15(14,3)4)12(18)8-9-5-6-10(16)11(17)7-9/h5-7,12-13,18H,8H2,1-4H3. The second-order valence-corrected chi connectivity index (χ2v) is 6.44. The zero-order valence-corrected chi connectivity index (χ0v) is 11.3. The van der Waals surface area contributed by atoms with Gasteiger partial charge < -0.3 is 5.11 Å². The highest BCUT2D eigenvalue weighted by atomic mass is 19.2. The molecule has 0 radical (unpaired) electrons. The van der Waals surface area contributed by atoms with E-state index in [2.05, 4.69) is 27.7 Å². The highest BCUT2D eigenvalue weighted by molar-refractivity contribution is 5.22. The number of aliphatic hydroxyl groups is 1. The number of hydrogen-bond acceptors (Lipinski definition) is 1. The van der Waals surface area contributed by atoms with Gasteiger partial charge in [-0.3, -0.25) is 0 Å². The summed E-state index contributed by atoms with van der Waals surface area (Å²) in [6.07, 6.45) is -0.144.